The number of nitrogens with zero attached hydrogens (tertiary/aromatic N) is 1. The van der Waals surface area contributed by atoms with Crippen molar-refractivity contribution in [2.75, 3.05) is 17.9 Å². The Balaban J connectivity index is 2.09. The van der Waals surface area contributed by atoms with Crippen LogP contribution in [0.3, 0.4) is 0 Å². The van der Waals surface area contributed by atoms with E-state index in [2.05, 4.69) is 0 Å². The lowest BCUT2D eigenvalue weighted by Crippen LogP contribution is -2.34. The molecule has 3 rings (SSSR count). The lowest BCUT2D eigenvalue weighted by molar-refractivity contribution is -0.124. The van der Waals surface area contributed by atoms with Crippen LogP contribution in [0, 0.1) is 5.82 Å². The van der Waals surface area contributed by atoms with E-state index in [1.165, 1.54) is 13.2 Å². The highest BCUT2D eigenvalue weighted by molar-refractivity contribution is 6.33. The second-order valence-electron chi connectivity index (χ2n) is 5.09. The summed E-state index contributed by atoms with van der Waals surface area (Å²) in [6.45, 7) is 0. The van der Waals surface area contributed by atoms with Gasteiger partial charge in [-0.2, -0.15) is 0 Å². The van der Waals surface area contributed by atoms with Crippen molar-refractivity contribution in [1.82, 2.24) is 0 Å². The summed E-state index contributed by atoms with van der Waals surface area (Å²) in [5.41, 5.74) is 2.08. The fourth-order valence-corrected chi connectivity index (χ4v) is 2.88. The maximum absolute atomic E-state index is 14.2. The van der Waals surface area contributed by atoms with Crippen LogP contribution in [0.5, 0.6) is 5.75 Å². The van der Waals surface area contributed by atoms with Crippen molar-refractivity contribution in [3.63, 3.8) is 0 Å². The zero-order valence-electron chi connectivity index (χ0n) is 12.3. The molecule has 4 nitrogen and oxygen atoms in total. The summed E-state index contributed by atoms with van der Waals surface area (Å²) in [5.74, 6) is -1.08. The summed E-state index contributed by atoms with van der Waals surface area (Å²) >= 11 is 5.54. The minimum atomic E-state index is -0.466. The first-order valence-corrected chi connectivity index (χ1v) is 7.47. The molecule has 2 amide bonds. The molecule has 0 bridgehead atoms. The lowest BCUT2D eigenvalue weighted by Gasteiger charge is -2.15. The first-order chi connectivity index (χ1) is 11.1. The number of methoxy groups -OCH3 is 1. The van der Waals surface area contributed by atoms with Crippen LogP contribution >= 0.6 is 11.6 Å². The van der Waals surface area contributed by atoms with Gasteiger partial charge >= 0.3 is 0 Å². The van der Waals surface area contributed by atoms with Gasteiger partial charge in [-0.3, -0.25) is 9.59 Å². The molecule has 2 aromatic rings. The number of amides is 2. The van der Waals surface area contributed by atoms with Crippen molar-refractivity contribution in [2.45, 2.75) is 6.42 Å². The molecule has 0 saturated heterocycles. The highest BCUT2D eigenvalue weighted by Gasteiger charge is 2.32. The first-order valence-electron chi connectivity index (χ1n) is 6.94. The summed E-state index contributed by atoms with van der Waals surface area (Å²) in [4.78, 5) is 24.9. The quantitative estimate of drug-likeness (QED) is 0.811. The van der Waals surface area contributed by atoms with Gasteiger partial charge in [0.15, 0.2) is 0 Å². The van der Waals surface area contributed by atoms with Gasteiger partial charge in [-0.25, -0.2) is 9.29 Å². The highest BCUT2D eigenvalue weighted by atomic mass is 35.5. The van der Waals surface area contributed by atoms with E-state index in [-0.39, 0.29) is 18.2 Å². The normalized spacial score (nSPS) is 13.2. The largest absolute Gasteiger partial charge is 0.496 e. The van der Waals surface area contributed by atoms with Crippen molar-refractivity contribution in [2.24, 2.45) is 0 Å². The van der Waals surface area contributed by atoms with E-state index in [0.29, 0.717) is 28.1 Å². The Morgan fingerprint density at radius 1 is 1.35 bits per heavy atom. The van der Waals surface area contributed by atoms with Crippen molar-refractivity contribution < 1.29 is 18.7 Å². The number of benzene rings is 2. The number of hydrogen-bond acceptors (Lipinski definition) is 3. The maximum atomic E-state index is 14.2. The van der Waals surface area contributed by atoms with Crippen LogP contribution in [0.1, 0.15) is 5.56 Å². The number of alkyl halides is 1. The van der Waals surface area contributed by atoms with E-state index < -0.39 is 11.7 Å². The first kappa shape index (κ1) is 15.5. The predicted octanol–water partition coefficient (Wildman–Crippen LogP) is 3.16. The monoisotopic (exact) mass is 333 g/mol. The van der Waals surface area contributed by atoms with E-state index in [4.69, 9.17) is 16.3 Å². The average Bonchev–Trinajstić information content (AvgIpc) is 2.88. The molecular formula is C17H13ClFNO3. The second-order valence-corrected chi connectivity index (χ2v) is 5.36. The smallest absolute Gasteiger partial charge is 0.248 e. The number of carbonyl (C=O) groups is 2. The van der Waals surface area contributed by atoms with Crippen LogP contribution in [-0.4, -0.2) is 24.8 Å². The number of carbonyl (C=O) groups excluding carboxylic acids is 2. The van der Waals surface area contributed by atoms with Gasteiger partial charge in [0.05, 0.1) is 24.8 Å². The molecule has 0 aliphatic carbocycles. The van der Waals surface area contributed by atoms with Crippen LogP contribution in [0.25, 0.3) is 11.1 Å². The van der Waals surface area contributed by atoms with Gasteiger partial charge in [0, 0.05) is 0 Å². The number of ether oxygens (including phenoxy) is 1. The van der Waals surface area contributed by atoms with Gasteiger partial charge in [0.2, 0.25) is 11.8 Å². The standard InChI is InChI=1S/C17H13ClFNO3/c1-23-14-4-2-3-12(19)17(14)10-5-6-13-11(7-10)8-15(21)20(13)16(22)9-18/h2-7H,8-9H2,1H3. The molecule has 0 radical (unpaired) electrons. The Hall–Kier alpha value is -2.40. The Kier molecular flexibility index (Phi) is 4.05. The molecule has 0 spiro atoms. The number of anilines is 1. The van der Waals surface area contributed by atoms with Gasteiger partial charge < -0.3 is 4.74 Å². The molecule has 0 N–H and O–H groups in total. The Morgan fingerprint density at radius 3 is 2.83 bits per heavy atom. The molecule has 1 aliphatic rings. The molecule has 0 fully saturated rings. The number of imide groups is 1. The van der Waals surface area contributed by atoms with Crippen LogP contribution in [0.2, 0.25) is 0 Å². The Bertz CT molecular complexity index is 806. The molecule has 1 heterocycles. The third-order valence-electron chi connectivity index (χ3n) is 3.76. The summed E-state index contributed by atoms with van der Waals surface area (Å²) in [6.07, 6.45) is 0.0859. The maximum Gasteiger partial charge on any atom is 0.248 e. The van der Waals surface area contributed by atoms with Gasteiger partial charge in [0.1, 0.15) is 17.4 Å². The third kappa shape index (κ3) is 2.57. The van der Waals surface area contributed by atoms with Gasteiger partial charge in [-0.05, 0) is 35.4 Å². The number of rotatable bonds is 3. The van der Waals surface area contributed by atoms with Crippen molar-refractivity contribution >= 4 is 29.1 Å². The van der Waals surface area contributed by atoms with Crippen molar-refractivity contribution in [3.8, 4) is 16.9 Å². The summed E-state index contributed by atoms with van der Waals surface area (Å²) in [6, 6.07) is 9.57. The zero-order chi connectivity index (χ0) is 16.6. The molecule has 6 heteroatoms. The van der Waals surface area contributed by atoms with Crippen LogP contribution in [0.4, 0.5) is 10.1 Å². The molecule has 0 saturated carbocycles. The molecule has 0 unspecified atom stereocenters. The van der Waals surface area contributed by atoms with Crippen molar-refractivity contribution in [1.29, 1.82) is 0 Å². The summed E-state index contributed by atoms with van der Waals surface area (Å²) < 4.78 is 19.4. The number of fused-ring (bicyclic) bond motifs is 1. The van der Waals surface area contributed by atoms with Gasteiger partial charge in [0.25, 0.3) is 0 Å². The van der Waals surface area contributed by atoms with Crippen LogP contribution < -0.4 is 9.64 Å². The third-order valence-corrected chi connectivity index (χ3v) is 3.99. The molecule has 118 valence electrons. The Morgan fingerprint density at radius 2 is 2.13 bits per heavy atom. The number of halogens is 2. The van der Waals surface area contributed by atoms with E-state index in [9.17, 15) is 14.0 Å². The molecule has 0 aromatic heterocycles. The van der Waals surface area contributed by atoms with E-state index >= 15 is 0 Å². The second kappa shape index (κ2) is 6.01. The van der Waals surface area contributed by atoms with E-state index in [0.717, 1.165) is 4.90 Å². The molecule has 23 heavy (non-hydrogen) atoms. The van der Waals surface area contributed by atoms with E-state index in [1.54, 1.807) is 30.3 Å². The lowest BCUT2D eigenvalue weighted by atomic mass is 10.0. The van der Waals surface area contributed by atoms with Gasteiger partial charge in [-0.1, -0.05) is 12.1 Å². The summed E-state index contributed by atoms with van der Waals surface area (Å²) in [7, 11) is 1.47. The molecular weight excluding hydrogens is 321 g/mol. The topological polar surface area (TPSA) is 46.6 Å². The minimum Gasteiger partial charge on any atom is -0.496 e. The SMILES string of the molecule is COc1cccc(F)c1-c1ccc2c(c1)CC(=O)N2C(=O)CCl. The fraction of sp³-hybridized carbons (Fsp3) is 0.176. The molecule has 2 aromatic carbocycles. The average molecular weight is 334 g/mol. The fourth-order valence-electron chi connectivity index (χ4n) is 2.76. The molecule has 1 aliphatic heterocycles. The number of hydrogen-bond donors (Lipinski definition) is 0. The molecule has 0 atom stereocenters. The predicted molar refractivity (Wildman–Crippen MR) is 85.3 cm³/mol. The van der Waals surface area contributed by atoms with Crippen molar-refractivity contribution in [3.05, 3.63) is 47.8 Å². The van der Waals surface area contributed by atoms with Crippen LogP contribution in [0.15, 0.2) is 36.4 Å². The summed E-state index contributed by atoms with van der Waals surface area (Å²) in [5, 5.41) is 0. The van der Waals surface area contributed by atoms with Crippen LogP contribution in [-0.2, 0) is 16.0 Å². The Labute approximate surface area is 137 Å². The minimum absolute atomic E-state index is 0.0859. The highest BCUT2D eigenvalue weighted by Crippen LogP contribution is 2.37. The zero-order valence-corrected chi connectivity index (χ0v) is 13.1. The van der Waals surface area contributed by atoms with E-state index in [1.807, 2.05) is 0 Å². The van der Waals surface area contributed by atoms with Gasteiger partial charge in [-0.15, -0.1) is 11.6 Å².